The van der Waals surface area contributed by atoms with Gasteiger partial charge in [0.1, 0.15) is 11.6 Å². The monoisotopic (exact) mass is 432 g/mol. The molecule has 3 aromatic rings. The number of ether oxygens (including phenoxy) is 1. The van der Waals surface area contributed by atoms with Crippen molar-refractivity contribution >= 4 is 5.78 Å². The van der Waals surface area contributed by atoms with E-state index in [1.165, 1.54) is 28.8 Å². The fraction of sp³-hybridized carbons (Fsp3) is 0.296. The molecule has 4 rings (SSSR count). The van der Waals surface area contributed by atoms with E-state index in [0.717, 1.165) is 38.3 Å². The van der Waals surface area contributed by atoms with Crippen LogP contribution >= 0.6 is 0 Å². The summed E-state index contributed by atoms with van der Waals surface area (Å²) in [5.74, 6) is 0.602. The first kappa shape index (κ1) is 22.2. The van der Waals surface area contributed by atoms with E-state index < -0.39 is 0 Å². The second-order valence-corrected chi connectivity index (χ2v) is 8.17. The van der Waals surface area contributed by atoms with Crippen LogP contribution in [0.25, 0.3) is 0 Å². The summed E-state index contributed by atoms with van der Waals surface area (Å²) in [4.78, 5) is 14.8. The lowest BCUT2D eigenvalue weighted by Gasteiger charge is -2.31. The Morgan fingerprint density at radius 3 is 2.56 bits per heavy atom. The van der Waals surface area contributed by atoms with Crippen LogP contribution in [0.4, 0.5) is 4.39 Å². The Hall–Kier alpha value is -3.02. The Balaban J connectivity index is 1.41. The van der Waals surface area contributed by atoms with Crippen molar-refractivity contribution in [1.29, 1.82) is 0 Å². The molecular weight excluding hydrogens is 403 g/mol. The number of nitrogens with one attached hydrogen (secondary N) is 1. The number of fused-ring (bicyclic) bond motifs is 1. The van der Waals surface area contributed by atoms with Crippen molar-refractivity contribution in [2.24, 2.45) is 0 Å². The maximum absolute atomic E-state index is 13.1. The predicted molar refractivity (Wildman–Crippen MR) is 125 cm³/mol. The number of Topliss-reactive ketones (excluding diaryl/α,β-unsaturated/α-hetero) is 1. The van der Waals surface area contributed by atoms with E-state index in [1.807, 2.05) is 12.1 Å². The molecule has 1 unspecified atom stereocenters. The van der Waals surface area contributed by atoms with Crippen LogP contribution in [0.1, 0.15) is 45.9 Å². The third-order valence-corrected chi connectivity index (χ3v) is 6.03. The third kappa shape index (κ3) is 5.42. The first-order valence-electron chi connectivity index (χ1n) is 11.1. The van der Waals surface area contributed by atoms with Crippen LogP contribution in [-0.4, -0.2) is 37.4 Å². The number of halogens is 1. The lowest BCUT2D eigenvalue weighted by molar-refractivity contribution is 0.0974. The zero-order valence-corrected chi connectivity index (χ0v) is 18.4. The smallest absolute Gasteiger partial charge is 0.162 e. The topological polar surface area (TPSA) is 41.6 Å². The zero-order valence-electron chi connectivity index (χ0n) is 18.4. The van der Waals surface area contributed by atoms with Crippen molar-refractivity contribution in [1.82, 2.24) is 10.2 Å². The van der Waals surface area contributed by atoms with Gasteiger partial charge in [-0.3, -0.25) is 9.69 Å². The van der Waals surface area contributed by atoms with Gasteiger partial charge in [0, 0.05) is 31.6 Å². The zero-order chi connectivity index (χ0) is 22.3. The highest BCUT2D eigenvalue weighted by molar-refractivity contribution is 5.95. The molecule has 1 N–H and O–H groups in total. The Kier molecular flexibility index (Phi) is 7.30. The molecule has 4 nitrogen and oxygen atoms in total. The van der Waals surface area contributed by atoms with Gasteiger partial charge in [-0.2, -0.15) is 0 Å². The largest absolute Gasteiger partial charge is 0.497 e. The second-order valence-electron chi connectivity index (χ2n) is 8.17. The second kappa shape index (κ2) is 10.5. The van der Waals surface area contributed by atoms with E-state index in [0.29, 0.717) is 12.0 Å². The van der Waals surface area contributed by atoms with Gasteiger partial charge in [-0.05, 0) is 66.1 Å². The minimum atomic E-state index is -0.318. The molecule has 3 aromatic carbocycles. The van der Waals surface area contributed by atoms with Crippen LogP contribution < -0.4 is 10.1 Å². The van der Waals surface area contributed by atoms with Gasteiger partial charge in [0.25, 0.3) is 0 Å². The summed E-state index contributed by atoms with van der Waals surface area (Å²) in [5.41, 5.74) is 4.38. The molecule has 0 aromatic heterocycles. The average molecular weight is 433 g/mol. The number of carbonyl (C=O) groups is 1. The van der Waals surface area contributed by atoms with Crippen molar-refractivity contribution in [2.75, 3.05) is 26.7 Å². The van der Waals surface area contributed by atoms with E-state index in [9.17, 15) is 9.18 Å². The summed E-state index contributed by atoms with van der Waals surface area (Å²) in [6.07, 6.45) is 1.24. The lowest BCUT2D eigenvalue weighted by Crippen LogP contribution is -2.38. The van der Waals surface area contributed by atoms with E-state index in [1.54, 1.807) is 19.2 Å². The number of methoxy groups -OCH3 is 1. The molecular formula is C27H29FN2O2. The number of rotatable bonds is 7. The Morgan fingerprint density at radius 2 is 1.81 bits per heavy atom. The van der Waals surface area contributed by atoms with E-state index in [2.05, 4.69) is 46.6 Å². The number of carbonyl (C=O) groups excluding carboxylic acids is 1. The highest BCUT2D eigenvalue weighted by Gasteiger charge is 2.21. The quantitative estimate of drug-likeness (QED) is 0.534. The van der Waals surface area contributed by atoms with E-state index in [-0.39, 0.29) is 17.6 Å². The average Bonchev–Trinajstić information content (AvgIpc) is 2.81. The number of benzene rings is 3. The number of hydrogen-bond acceptors (Lipinski definition) is 4. The molecule has 0 amide bonds. The van der Waals surface area contributed by atoms with Gasteiger partial charge in [-0.25, -0.2) is 4.39 Å². The summed E-state index contributed by atoms with van der Waals surface area (Å²) >= 11 is 0. The standard InChI is InChI=1S/C27H29FN2O2/c1-32-24-14-10-21(11-15-24)27-25-6-3-2-5-22(25)19-30(18-16-29-27)17-4-7-26(31)20-8-12-23(28)13-9-20/h2-3,5-6,8-15,27,29H,4,7,16-19H2,1H3. The van der Waals surface area contributed by atoms with Crippen LogP contribution in [-0.2, 0) is 6.54 Å². The Bertz CT molecular complexity index is 1030. The normalized spacial score (nSPS) is 16.6. The molecule has 1 atom stereocenters. The van der Waals surface area contributed by atoms with Gasteiger partial charge in [-0.1, -0.05) is 36.4 Å². The van der Waals surface area contributed by atoms with Crippen LogP contribution in [0.15, 0.2) is 72.8 Å². The Labute approximate surface area is 189 Å². The number of hydrogen-bond donors (Lipinski definition) is 1. The first-order valence-corrected chi connectivity index (χ1v) is 11.1. The molecule has 0 saturated carbocycles. The molecule has 166 valence electrons. The molecule has 0 fully saturated rings. The minimum Gasteiger partial charge on any atom is -0.497 e. The summed E-state index contributed by atoms with van der Waals surface area (Å²) in [7, 11) is 1.68. The van der Waals surface area contributed by atoms with Crippen molar-refractivity contribution in [2.45, 2.75) is 25.4 Å². The van der Waals surface area contributed by atoms with Crippen LogP contribution in [0.2, 0.25) is 0 Å². The molecule has 0 radical (unpaired) electrons. The molecule has 0 spiro atoms. The molecule has 0 bridgehead atoms. The molecule has 1 aliphatic heterocycles. The van der Waals surface area contributed by atoms with Gasteiger partial charge in [-0.15, -0.1) is 0 Å². The van der Waals surface area contributed by atoms with Crippen molar-refractivity contribution in [3.63, 3.8) is 0 Å². The van der Waals surface area contributed by atoms with Crippen LogP contribution in [0.3, 0.4) is 0 Å². The van der Waals surface area contributed by atoms with Gasteiger partial charge in [0.05, 0.1) is 13.2 Å². The summed E-state index contributed by atoms with van der Waals surface area (Å²) in [5, 5.41) is 3.71. The molecule has 1 aliphatic rings. The maximum Gasteiger partial charge on any atom is 0.162 e. The summed E-state index contributed by atoms with van der Waals surface area (Å²) < 4.78 is 18.4. The summed E-state index contributed by atoms with van der Waals surface area (Å²) in [6, 6.07) is 22.7. The van der Waals surface area contributed by atoms with E-state index >= 15 is 0 Å². The fourth-order valence-electron chi connectivity index (χ4n) is 4.28. The predicted octanol–water partition coefficient (Wildman–Crippen LogP) is 4.99. The maximum atomic E-state index is 13.1. The minimum absolute atomic E-state index is 0.0649. The SMILES string of the molecule is COc1ccc(C2NCCN(CCCC(=O)c3ccc(F)cc3)Cc3ccccc32)cc1. The Morgan fingerprint density at radius 1 is 1.06 bits per heavy atom. The molecule has 5 heteroatoms. The van der Waals surface area contributed by atoms with Gasteiger partial charge >= 0.3 is 0 Å². The van der Waals surface area contributed by atoms with Gasteiger partial charge < -0.3 is 10.1 Å². The first-order chi connectivity index (χ1) is 15.6. The molecule has 0 saturated heterocycles. The van der Waals surface area contributed by atoms with Crippen molar-refractivity contribution in [3.05, 3.63) is 101 Å². The number of nitrogens with zero attached hydrogens (tertiary/aromatic N) is 1. The summed E-state index contributed by atoms with van der Waals surface area (Å²) in [6.45, 7) is 3.47. The van der Waals surface area contributed by atoms with Crippen LogP contribution in [0.5, 0.6) is 5.75 Å². The highest BCUT2D eigenvalue weighted by atomic mass is 19.1. The number of ketones is 1. The van der Waals surface area contributed by atoms with E-state index in [4.69, 9.17) is 4.74 Å². The molecule has 32 heavy (non-hydrogen) atoms. The van der Waals surface area contributed by atoms with Gasteiger partial charge in [0.15, 0.2) is 5.78 Å². The molecule has 0 aliphatic carbocycles. The van der Waals surface area contributed by atoms with Gasteiger partial charge in [0.2, 0.25) is 0 Å². The lowest BCUT2D eigenvalue weighted by atomic mass is 9.93. The third-order valence-electron chi connectivity index (χ3n) is 6.03. The van der Waals surface area contributed by atoms with Crippen molar-refractivity contribution < 1.29 is 13.9 Å². The molecule has 1 heterocycles. The highest BCUT2D eigenvalue weighted by Crippen LogP contribution is 2.28. The van der Waals surface area contributed by atoms with Crippen LogP contribution in [0, 0.1) is 5.82 Å². The van der Waals surface area contributed by atoms with Crippen molar-refractivity contribution in [3.8, 4) is 5.75 Å². The fourth-order valence-corrected chi connectivity index (χ4v) is 4.28.